The van der Waals surface area contributed by atoms with Gasteiger partial charge in [-0.3, -0.25) is 4.79 Å². The number of hydrogen-bond acceptors (Lipinski definition) is 2. The van der Waals surface area contributed by atoms with Crippen molar-refractivity contribution in [3.63, 3.8) is 0 Å². The van der Waals surface area contributed by atoms with Crippen LogP contribution in [0.25, 0.3) is 0 Å². The second-order valence-corrected chi connectivity index (χ2v) is 5.29. The molecule has 102 valence electrons. The van der Waals surface area contributed by atoms with E-state index in [-0.39, 0.29) is 11.7 Å². The molecule has 1 aliphatic carbocycles. The zero-order valence-corrected chi connectivity index (χ0v) is 11.4. The molecule has 0 saturated heterocycles. The van der Waals surface area contributed by atoms with E-state index < -0.39 is 0 Å². The molecule has 0 atom stereocenters. The molecule has 20 heavy (non-hydrogen) atoms. The summed E-state index contributed by atoms with van der Waals surface area (Å²) in [4.78, 5) is 12.3. The first kappa shape index (κ1) is 12.7. The van der Waals surface area contributed by atoms with Crippen LogP contribution >= 0.6 is 0 Å². The average molecular weight is 267 g/mol. The Kier molecular flexibility index (Phi) is 3.18. The Morgan fingerprint density at radius 3 is 2.70 bits per heavy atom. The van der Waals surface area contributed by atoms with E-state index in [1.807, 2.05) is 13.0 Å². The van der Waals surface area contributed by atoms with E-state index in [2.05, 4.69) is 17.4 Å². The molecule has 3 heteroatoms. The predicted octanol–water partition coefficient (Wildman–Crippen LogP) is 3.44. The van der Waals surface area contributed by atoms with E-state index in [1.54, 1.807) is 12.1 Å². The first-order chi connectivity index (χ1) is 9.63. The molecule has 1 aliphatic rings. The summed E-state index contributed by atoms with van der Waals surface area (Å²) < 4.78 is 0. The van der Waals surface area contributed by atoms with Crippen LogP contribution in [0.4, 0.5) is 5.69 Å². The summed E-state index contributed by atoms with van der Waals surface area (Å²) in [6.07, 6.45) is 3.43. The van der Waals surface area contributed by atoms with Gasteiger partial charge in [-0.2, -0.15) is 0 Å². The van der Waals surface area contributed by atoms with Crippen LogP contribution < -0.4 is 5.32 Å². The number of carbonyl (C=O) groups excluding carboxylic acids is 1. The molecule has 2 aromatic carbocycles. The lowest BCUT2D eigenvalue weighted by Gasteiger charge is -2.09. The number of carbonyl (C=O) groups is 1. The molecule has 3 rings (SSSR count). The normalized spacial score (nSPS) is 13.1. The van der Waals surface area contributed by atoms with Crippen LogP contribution in [-0.4, -0.2) is 11.0 Å². The van der Waals surface area contributed by atoms with Gasteiger partial charge in [0.05, 0.1) is 0 Å². The number of phenolic OH excluding ortho intramolecular Hbond substituents is 1. The minimum Gasteiger partial charge on any atom is -0.508 e. The van der Waals surface area contributed by atoms with Gasteiger partial charge in [0.25, 0.3) is 5.91 Å². The number of hydrogen-bond donors (Lipinski definition) is 2. The number of anilines is 1. The Labute approximate surface area is 118 Å². The highest BCUT2D eigenvalue weighted by molar-refractivity contribution is 6.05. The summed E-state index contributed by atoms with van der Waals surface area (Å²) in [5.41, 5.74) is 4.92. The Morgan fingerprint density at radius 1 is 1.10 bits per heavy atom. The van der Waals surface area contributed by atoms with Crippen molar-refractivity contribution in [1.29, 1.82) is 0 Å². The molecule has 0 spiro atoms. The van der Waals surface area contributed by atoms with Gasteiger partial charge in [-0.1, -0.05) is 6.07 Å². The summed E-state index contributed by atoms with van der Waals surface area (Å²) in [5.74, 6) is 0.0389. The van der Waals surface area contributed by atoms with Crippen LogP contribution in [0, 0.1) is 6.92 Å². The SMILES string of the molecule is Cc1cc(O)ccc1C(=O)Nc1ccc2c(c1)CCC2. The lowest BCUT2D eigenvalue weighted by atomic mass is 10.1. The van der Waals surface area contributed by atoms with Crippen molar-refractivity contribution >= 4 is 11.6 Å². The van der Waals surface area contributed by atoms with Crippen LogP contribution in [0.3, 0.4) is 0 Å². The lowest BCUT2D eigenvalue weighted by Crippen LogP contribution is -2.13. The summed E-state index contributed by atoms with van der Waals surface area (Å²) in [5, 5.41) is 12.3. The molecule has 0 unspecified atom stereocenters. The molecule has 3 nitrogen and oxygen atoms in total. The topological polar surface area (TPSA) is 49.3 Å². The zero-order chi connectivity index (χ0) is 14.1. The van der Waals surface area contributed by atoms with Crippen molar-refractivity contribution in [2.45, 2.75) is 26.2 Å². The first-order valence-corrected chi connectivity index (χ1v) is 6.86. The molecular weight excluding hydrogens is 250 g/mol. The number of nitrogens with one attached hydrogen (secondary N) is 1. The summed E-state index contributed by atoms with van der Waals surface area (Å²) in [6, 6.07) is 10.9. The van der Waals surface area contributed by atoms with Crippen molar-refractivity contribution in [1.82, 2.24) is 0 Å². The maximum Gasteiger partial charge on any atom is 0.255 e. The smallest absolute Gasteiger partial charge is 0.255 e. The second-order valence-electron chi connectivity index (χ2n) is 5.29. The van der Waals surface area contributed by atoms with Gasteiger partial charge in [0.1, 0.15) is 5.75 Å². The first-order valence-electron chi connectivity index (χ1n) is 6.86. The van der Waals surface area contributed by atoms with Crippen molar-refractivity contribution in [2.24, 2.45) is 0 Å². The van der Waals surface area contributed by atoms with Crippen LogP contribution in [0.5, 0.6) is 5.75 Å². The van der Waals surface area contributed by atoms with Gasteiger partial charge in [0, 0.05) is 11.3 Å². The average Bonchev–Trinajstić information content (AvgIpc) is 2.85. The molecule has 0 heterocycles. The van der Waals surface area contributed by atoms with Crippen molar-refractivity contribution < 1.29 is 9.90 Å². The van der Waals surface area contributed by atoms with Crippen LogP contribution in [0.2, 0.25) is 0 Å². The van der Waals surface area contributed by atoms with Crippen LogP contribution in [0.15, 0.2) is 36.4 Å². The molecule has 2 aromatic rings. The highest BCUT2D eigenvalue weighted by atomic mass is 16.3. The molecule has 0 fully saturated rings. The molecule has 2 N–H and O–H groups in total. The minimum absolute atomic E-state index is 0.138. The Morgan fingerprint density at radius 2 is 1.90 bits per heavy atom. The third kappa shape index (κ3) is 2.39. The van der Waals surface area contributed by atoms with Crippen molar-refractivity contribution in [3.05, 3.63) is 58.7 Å². The number of rotatable bonds is 2. The largest absolute Gasteiger partial charge is 0.508 e. The summed E-state index contributed by atoms with van der Waals surface area (Å²) in [7, 11) is 0. The number of fused-ring (bicyclic) bond motifs is 1. The Hall–Kier alpha value is -2.29. The standard InChI is InChI=1S/C17H17NO2/c1-11-9-15(19)7-8-16(11)17(20)18-14-6-5-12-3-2-4-13(12)10-14/h5-10,19H,2-4H2,1H3,(H,18,20). The van der Waals surface area contributed by atoms with Crippen molar-refractivity contribution in [3.8, 4) is 5.75 Å². The van der Waals surface area contributed by atoms with Crippen molar-refractivity contribution in [2.75, 3.05) is 5.32 Å². The number of phenols is 1. The van der Waals surface area contributed by atoms with Gasteiger partial charge in [-0.15, -0.1) is 0 Å². The lowest BCUT2D eigenvalue weighted by molar-refractivity contribution is 0.102. The number of aryl methyl sites for hydroxylation is 3. The van der Waals surface area contributed by atoms with Gasteiger partial charge in [-0.25, -0.2) is 0 Å². The number of benzene rings is 2. The third-order valence-corrected chi connectivity index (χ3v) is 3.81. The molecule has 0 aliphatic heterocycles. The minimum atomic E-state index is -0.138. The number of aromatic hydroxyl groups is 1. The quantitative estimate of drug-likeness (QED) is 0.875. The third-order valence-electron chi connectivity index (χ3n) is 3.81. The molecule has 0 aromatic heterocycles. The predicted molar refractivity (Wildman–Crippen MR) is 79.3 cm³/mol. The van der Waals surface area contributed by atoms with E-state index >= 15 is 0 Å². The highest BCUT2D eigenvalue weighted by Crippen LogP contribution is 2.25. The fourth-order valence-electron chi connectivity index (χ4n) is 2.75. The molecule has 1 amide bonds. The van der Waals surface area contributed by atoms with E-state index in [4.69, 9.17) is 0 Å². The van der Waals surface area contributed by atoms with Gasteiger partial charge in [0.15, 0.2) is 0 Å². The van der Waals surface area contributed by atoms with Crippen LogP contribution in [0.1, 0.15) is 33.5 Å². The molecule has 0 bridgehead atoms. The van der Waals surface area contributed by atoms with E-state index in [9.17, 15) is 9.90 Å². The highest BCUT2D eigenvalue weighted by Gasteiger charge is 2.13. The fourth-order valence-corrected chi connectivity index (χ4v) is 2.75. The zero-order valence-electron chi connectivity index (χ0n) is 11.4. The Balaban J connectivity index is 1.82. The van der Waals surface area contributed by atoms with E-state index in [0.717, 1.165) is 24.1 Å². The maximum absolute atomic E-state index is 12.3. The van der Waals surface area contributed by atoms with E-state index in [0.29, 0.717) is 5.56 Å². The summed E-state index contributed by atoms with van der Waals surface area (Å²) >= 11 is 0. The summed E-state index contributed by atoms with van der Waals surface area (Å²) in [6.45, 7) is 1.82. The van der Waals surface area contributed by atoms with Gasteiger partial charge < -0.3 is 10.4 Å². The molecule has 0 saturated carbocycles. The van der Waals surface area contributed by atoms with Gasteiger partial charge in [-0.05, 0) is 73.2 Å². The molecular formula is C17H17NO2. The van der Waals surface area contributed by atoms with Crippen LogP contribution in [-0.2, 0) is 12.8 Å². The maximum atomic E-state index is 12.3. The Bertz CT molecular complexity index is 677. The monoisotopic (exact) mass is 267 g/mol. The number of amides is 1. The van der Waals surface area contributed by atoms with Gasteiger partial charge in [0.2, 0.25) is 0 Å². The molecule has 0 radical (unpaired) electrons. The fraction of sp³-hybridized carbons (Fsp3) is 0.235. The van der Waals surface area contributed by atoms with Gasteiger partial charge >= 0.3 is 0 Å². The second kappa shape index (κ2) is 5.00. The van der Waals surface area contributed by atoms with E-state index in [1.165, 1.54) is 23.6 Å².